The molecule has 0 spiro atoms. The lowest BCUT2D eigenvalue weighted by Gasteiger charge is -2.11. The second-order valence-electron chi connectivity index (χ2n) is 4.17. The second-order valence-corrected chi connectivity index (χ2v) is 4.17. The molecule has 0 bridgehead atoms. The van der Waals surface area contributed by atoms with Crippen LogP contribution in [0.25, 0.3) is 6.08 Å². The van der Waals surface area contributed by atoms with Crippen molar-refractivity contribution in [2.75, 3.05) is 13.2 Å². The number of ether oxygens (including phenoxy) is 1. The van der Waals surface area contributed by atoms with Gasteiger partial charge < -0.3 is 4.74 Å². The molecule has 1 aromatic carbocycles. The Kier molecular flexibility index (Phi) is 3.97. The van der Waals surface area contributed by atoms with Gasteiger partial charge in [0.15, 0.2) is 0 Å². The van der Waals surface area contributed by atoms with Crippen LogP contribution in [0.15, 0.2) is 24.3 Å². The lowest BCUT2D eigenvalue weighted by atomic mass is 10.1. The number of nitrogens with zero attached hydrogens (tertiary/aromatic N) is 1. The number of halogens is 4. The molecule has 21 heavy (non-hydrogen) atoms. The summed E-state index contributed by atoms with van der Waals surface area (Å²) in [5, 5.41) is 0. The summed E-state index contributed by atoms with van der Waals surface area (Å²) in [6.45, 7) is 0.0836. The molecule has 1 aliphatic rings. The average molecular weight is 303 g/mol. The minimum Gasteiger partial charge on any atom is -0.447 e. The van der Waals surface area contributed by atoms with Gasteiger partial charge in [0, 0.05) is 6.08 Å². The summed E-state index contributed by atoms with van der Waals surface area (Å²) in [6, 6.07) is 2.10. The molecule has 4 nitrogen and oxygen atoms in total. The predicted molar refractivity (Wildman–Crippen MR) is 63.5 cm³/mol. The SMILES string of the molecule is O=C(C=Cc1ccc(F)cc1C(F)(F)F)N1CCOC1=O. The van der Waals surface area contributed by atoms with E-state index in [2.05, 4.69) is 4.74 Å². The van der Waals surface area contributed by atoms with Crippen molar-refractivity contribution in [2.24, 2.45) is 0 Å². The smallest absolute Gasteiger partial charge is 0.417 e. The van der Waals surface area contributed by atoms with E-state index < -0.39 is 29.6 Å². The molecular formula is C13H9F4NO3. The van der Waals surface area contributed by atoms with E-state index in [1.807, 2.05) is 0 Å². The Balaban J connectivity index is 2.25. The standard InChI is InChI=1S/C13H9F4NO3/c14-9-3-1-8(10(7-9)13(15,16)17)2-4-11(19)18-5-6-21-12(18)20/h1-4,7H,5-6H2. The van der Waals surface area contributed by atoms with Gasteiger partial charge in [-0.3, -0.25) is 4.79 Å². The molecule has 0 saturated carbocycles. The third-order valence-electron chi connectivity index (χ3n) is 2.75. The van der Waals surface area contributed by atoms with Gasteiger partial charge in [0.05, 0.1) is 12.1 Å². The molecule has 1 aliphatic heterocycles. The van der Waals surface area contributed by atoms with Crippen LogP contribution in [0, 0.1) is 5.82 Å². The minimum atomic E-state index is -4.75. The highest BCUT2D eigenvalue weighted by atomic mass is 19.4. The number of hydrogen-bond acceptors (Lipinski definition) is 3. The number of alkyl halides is 3. The van der Waals surface area contributed by atoms with Crippen molar-refractivity contribution in [3.8, 4) is 0 Å². The summed E-state index contributed by atoms with van der Waals surface area (Å²) >= 11 is 0. The third kappa shape index (κ3) is 3.39. The Morgan fingerprint density at radius 3 is 2.62 bits per heavy atom. The fraction of sp³-hybridized carbons (Fsp3) is 0.231. The summed E-state index contributed by atoms with van der Waals surface area (Å²) in [6.07, 6.45) is -3.90. The monoisotopic (exact) mass is 303 g/mol. The van der Waals surface area contributed by atoms with E-state index >= 15 is 0 Å². The van der Waals surface area contributed by atoms with E-state index in [1.165, 1.54) is 0 Å². The quantitative estimate of drug-likeness (QED) is 0.623. The lowest BCUT2D eigenvalue weighted by molar-refractivity contribution is -0.138. The number of benzene rings is 1. The third-order valence-corrected chi connectivity index (χ3v) is 2.75. The summed E-state index contributed by atoms with van der Waals surface area (Å²) in [7, 11) is 0. The zero-order valence-corrected chi connectivity index (χ0v) is 10.5. The zero-order valence-electron chi connectivity index (χ0n) is 10.5. The molecule has 112 valence electrons. The average Bonchev–Trinajstić information content (AvgIpc) is 2.82. The summed E-state index contributed by atoms with van der Waals surface area (Å²) in [4.78, 5) is 23.5. The topological polar surface area (TPSA) is 46.6 Å². The van der Waals surface area contributed by atoms with Gasteiger partial charge in [-0.15, -0.1) is 0 Å². The molecule has 0 aliphatic carbocycles. The zero-order chi connectivity index (χ0) is 15.6. The number of imide groups is 1. The van der Waals surface area contributed by atoms with Crippen molar-refractivity contribution in [3.63, 3.8) is 0 Å². The molecule has 0 aromatic heterocycles. The maximum absolute atomic E-state index is 12.9. The molecule has 1 saturated heterocycles. The first-order chi connectivity index (χ1) is 9.79. The molecule has 8 heteroatoms. The first-order valence-corrected chi connectivity index (χ1v) is 5.82. The van der Waals surface area contributed by atoms with Gasteiger partial charge >= 0.3 is 12.3 Å². The Morgan fingerprint density at radius 2 is 2.05 bits per heavy atom. The van der Waals surface area contributed by atoms with Gasteiger partial charge in [-0.2, -0.15) is 13.2 Å². The van der Waals surface area contributed by atoms with E-state index in [4.69, 9.17) is 0 Å². The molecule has 0 unspecified atom stereocenters. The van der Waals surface area contributed by atoms with Gasteiger partial charge in [-0.05, 0) is 23.8 Å². The number of hydrogen-bond donors (Lipinski definition) is 0. The van der Waals surface area contributed by atoms with Crippen molar-refractivity contribution in [2.45, 2.75) is 6.18 Å². The summed E-state index contributed by atoms with van der Waals surface area (Å²) in [5.41, 5.74) is -1.57. The van der Waals surface area contributed by atoms with Crippen molar-refractivity contribution in [3.05, 3.63) is 41.2 Å². The Morgan fingerprint density at radius 1 is 1.33 bits per heavy atom. The van der Waals surface area contributed by atoms with Crippen molar-refractivity contribution in [1.82, 2.24) is 4.90 Å². The van der Waals surface area contributed by atoms with Gasteiger partial charge in [-0.25, -0.2) is 14.1 Å². The first-order valence-electron chi connectivity index (χ1n) is 5.82. The van der Waals surface area contributed by atoms with Crippen LogP contribution < -0.4 is 0 Å². The molecule has 0 N–H and O–H groups in total. The largest absolute Gasteiger partial charge is 0.447 e. The van der Waals surface area contributed by atoms with Crippen molar-refractivity contribution < 1.29 is 31.9 Å². The Hall–Kier alpha value is -2.38. The molecule has 1 aromatic rings. The van der Waals surface area contributed by atoms with E-state index in [0.717, 1.165) is 29.2 Å². The van der Waals surface area contributed by atoms with E-state index in [9.17, 15) is 27.2 Å². The van der Waals surface area contributed by atoms with Crippen LogP contribution in [0.3, 0.4) is 0 Å². The molecule has 2 rings (SSSR count). The summed E-state index contributed by atoms with van der Waals surface area (Å²) < 4.78 is 55.7. The molecular weight excluding hydrogens is 294 g/mol. The number of carbonyl (C=O) groups is 2. The highest BCUT2D eigenvalue weighted by molar-refractivity contribution is 6.01. The predicted octanol–water partition coefficient (Wildman–Crippen LogP) is 2.84. The number of rotatable bonds is 2. The van der Waals surface area contributed by atoms with Gasteiger partial charge in [0.25, 0.3) is 5.91 Å². The Labute approximate surface area is 116 Å². The molecule has 1 heterocycles. The molecule has 0 atom stereocenters. The summed E-state index contributed by atoms with van der Waals surface area (Å²) in [5.74, 6) is -1.83. The van der Waals surface area contributed by atoms with Crippen LogP contribution >= 0.6 is 0 Å². The molecule has 2 amide bonds. The highest BCUT2D eigenvalue weighted by Crippen LogP contribution is 2.33. The Bertz CT molecular complexity index is 610. The van der Waals surface area contributed by atoms with Crippen LogP contribution in [0.4, 0.5) is 22.4 Å². The lowest BCUT2D eigenvalue weighted by Crippen LogP contribution is -2.29. The maximum atomic E-state index is 12.9. The fourth-order valence-corrected chi connectivity index (χ4v) is 1.76. The molecule has 0 radical (unpaired) electrons. The van der Waals surface area contributed by atoms with Crippen LogP contribution in [-0.4, -0.2) is 30.1 Å². The number of amides is 2. The van der Waals surface area contributed by atoms with Crippen molar-refractivity contribution >= 4 is 18.1 Å². The van der Waals surface area contributed by atoms with Crippen LogP contribution in [0.2, 0.25) is 0 Å². The fourth-order valence-electron chi connectivity index (χ4n) is 1.76. The minimum absolute atomic E-state index is 0.0392. The van der Waals surface area contributed by atoms with Gasteiger partial charge in [0.1, 0.15) is 12.4 Å². The van der Waals surface area contributed by atoms with E-state index in [1.54, 1.807) is 0 Å². The van der Waals surface area contributed by atoms with Crippen molar-refractivity contribution in [1.29, 1.82) is 0 Å². The first kappa shape index (κ1) is 15.0. The van der Waals surface area contributed by atoms with Crippen LogP contribution in [0.5, 0.6) is 0 Å². The normalized spacial score (nSPS) is 15.6. The van der Waals surface area contributed by atoms with Gasteiger partial charge in [-0.1, -0.05) is 6.07 Å². The number of carbonyl (C=O) groups excluding carboxylic acids is 2. The highest BCUT2D eigenvalue weighted by Gasteiger charge is 2.33. The number of cyclic esters (lactones) is 1. The van der Waals surface area contributed by atoms with Crippen LogP contribution in [0.1, 0.15) is 11.1 Å². The van der Waals surface area contributed by atoms with E-state index in [0.29, 0.717) is 6.07 Å². The van der Waals surface area contributed by atoms with E-state index in [-0.39, 0.29) is 18.7 Å². The molecule has 1 fully saturated rings. The van der Waals surface area contributed by atoms with Crippen LogP contribution in [-0.2, 0) is 15.7 Å². The second kappa shape index (κ2) is 5.55. The maximum Gasteiger partial charge on any atom is 0.417 e. The van der Waals surface area contributed by atoms with Gasteiger partial charge in [0.2, 0.25) is 0 Å².